The van der Waals surface area contributed by atoms with Crippen LogP contribution >= 0.6 is 23.2 Å². The number of hydrogen-bond acceptors (Lipinski definition) is 9. The Balaban J connectivity index is 1.19. The van der Waals surface area contributed by atoms with Gasteiger partial charge in [0.15, 0.2) is 12.1 Å². The SMILES string of the molecule is COc1ccc(/C=C2\CCC[C@@H]3C2=NN(C(=O)CN2N=N[C@@H]4C(=O)N(c5ccc(Cl)cc5Cl)C(=O)[C@H]42)[C@@H]3c2ccc(OC)cc2)cc1. The number of hydrogen-bond donors (Lipinski definition) is 0. The first-order valence-electron chi connectivity index (χ1n) is 15.2. The molecule has 0 radical (unpaired) electrons. The largest absolute Gasteiger partial charge is 0.497 e. The summed E-state index contributed by atoms with van der Waals surface area (Å²) < 4.78 is 10.7. The number of allylic oxidation sites excluding steroid dienone is 1. The standard InChI is InChI=1S/C34H30Cl2N6O5/c1-46-23-11-6-19(7-12-23)16-21-4-3-5-25-29(21)38-42(31(25)20-8-13-24(47-2)14-9-20)28(43)18-40-32-30(37-39-40)33(44)41(34(32)45)27-15-10-22(35)17-26(27)36/h6-17,25,30-32H,3-5,18H2,1-2H3/b21-16+/t25-,30+,31-,32+/m1/s1. The van der Waals surface area contributed by atoms with E-state index in [1.807, 2.05) is 48.5 Å². The highest BCUT2D eigenvalue weighted by Crippen LogP contribution is 2.45. The number of hydrazone groups is 1. The molecule has 2 fully saturated rings. The number of carbonyl (C=O) groups excluding carboxylic acids is 3. The molecule has 240 valence electrons. The summed E-state index contributed by atoms with van der Waals surface area (Å²) in [6, 6.07) is 17.4. The van der Waals surface area contributed by atoms with Gasteiger partial charge in [-0.15, -0.1) is 0 Å². The summed E-state index contributed by atoms with van der Waals surface area (Å²) in [7, 11) is 3.24. The lowest BCUT2D eigenvalue weighted by molar-refractivity contribution is -0.136. The van der Waals surface area contributed by atoms with Gasteiger partial charge in [-0.3, -0.25) is 19.4 Å². The van der Waals surface area contributed by atoms with Crippen LogP contribution in [0.3, 0.4) is 0 Å². The van der Waals surface area contributed by atoms with Crippen LogP contribution in [0.4, 0.5) is 5.69 Å². The molecular formula is C34H30Cl2N6O5. The van der Waals surface area contributed by atoms with Crippen molar-refractivity contribution in [1.29, 1.82) is 0 Å². The summed E-state index contributed by atoms with van der Waals surface area (Å²) in [5, 5.41) is 16.4. The number of nitrogens with zero attached hydrogens (tertiary/aromatic N) is 6. The number of carbonyl (C=O) groups is 3. The van der Waals surface area contributed by atoms with Crippen molar-refractivity contribution in [2.45, 2.75) is 37.4 Å². The Hall–Kier alpha value is -4.74. The van der Waals surface area contributed by atoms with Crippen molar-refractivity contribution < 1.29 is 23.9 Å². The number of amides is 3. The molecule has 1 saturated heterocycles. The van der Waals surface area contributed by atoms with Gasteiger partial charge in [-0.1, -0.05) is 52.7 Å². The van der Waals surface area contributed by atoms with Gasteiger partial charge in [0, 0.05) is 10.9 Å². The first-order valence-corrected chi connectivity index (χ1v) is 15.9. The molecule has 0 N–H and O–H groups in total. The predicted molar refractivity (Wildman–Crippen MR) is 176 cm³/mol. The summed E-state index contributed by atoms with van der Waals surface area (Å²) >= 11 is 12.4. The fraction of sp³-hybridized carbons (Fsp3) is 0.294. The second kappa shape index (κ2) is 12.5. The van der Waals surface area contributed by atoms with E-state index in [2.05, 4.69) is 16.4 Å². The van der Waals surface area contributed by atoms with Crippen LogP contribution in [-0.2, 0) is 14.4 Å². The number of rotatable bonds is 7. The van der Waals surface area contributed by atoms with Crippen molar-refractivity contribution in [3.8, 4) is 11.5 Å². The highest BCUT2D eigenvalue weighted by molar-refractivity contribution is 6.38. The van der Waals surface area contributed by atoms with E-state index in [4.69, 9.17) is 37.8 Å². The van der Waals surface area contributed by atoms with Crippen molar-refractivity contribution in [2.24, 2.45) is 21.4 Å². The summed E-state index contributed by atoms with van der Waals surface area (Å²) in [6.07, 6.45) is 4.71. The number of ether oxygens (including phenoxy) is 2. The average Bonchev–Trinajstić information content (AvgIpc) is 3.75. The second-order valence-corrected chi connectivity index (χ2v) is 12.5. The van der Waals surface area contributed by atoms with Gasteiger partial charge in [0.2, 0.25) is 0 Å². The summed E-state index contributed by atoms with van der Waals surface area (Å²) in [5.74, 6) is -0.0890. The Bertz CT molecular complexity index is 1840. The molecule has 47 heavy (non-hydrogen) atoms. The summed E-state index contributed by atoms with van der Waals surface area (Å²) in [6.45, 7) is -0.306. The zero-order valence-corrected chi connectivity index (χ0v) is 27.1. The molecule has 13 heteroatoms. The normalized spacial score (nSPS) is 24.1. The van der Waals surface area contributed by atoms with Gasteiger partial charge in [-0.2, -0.15) is 10.2 Å². The van der Waals surface area contributed by atoms with Crippen LogP contribution in [0.25, 0.3) is 6.08 Å². The molecule has 3 amide bonds. The molecule has 0 spiro atoms. The monoisotopic (exact) mass is 672 g/mol. The van der Waals surface area contributed by atoms with E-state index in [1.165, 1.54) is 22.2 Å². The molecule has 0 aromatic heterocycles. The molecule has 1 aliphatic carbocycles. The highest BCUT2D eigenvalue weighted by atomic mass is 35.5. The van der Waals surface area contributed by atoms with E-state index in [9.17, 15) is 14.4 Å². The lowest BCUT2D eigenvalue weighted by Gasteiger charge is -2.30. The maximum Gasteiger partial charge on any atom is 0.264 e. The molecule has 7 rings (SSSR count). The predicted octanol–water partition coefficient (Wildman–Crippen LogP) is 6.13. The van der Waals surface area contributed by atoms with Crippen molar-refractivity contribution in [3.05, 3.63) is 93.5 Å². The van der Waals surface area contributed by atoms with Crippen molar-refractivity contribution in [2.75, 3.05) is 25.7 Å². The Morgan fingerprint density at radius 1 is 0.936 bits per heavy atom. The van der Waals surface area contributed by atoms with Crippen LogP contribution in [0, 0.1) is 5.92 Å². The van der Waals surface area contributed by atoms with Crippen LogP contribution in [0.15, 0.2) is 87.7 Å². The smallest absolute Gasteiger partial charge is 0.264 e. The first kappa shape index (κ1) is 30.9. The van der Waals surface area contributed by atoms with Crippen LogP contribution in [0.5, 0.6) is 11.5 Å². The molecule has 3 aliphatic heterocycles. The van der Waals surface area contributed by atoms with Gasteiger partial charge in [0.25, 0.3) is 17.7 Å². The van der Waals surface area contributed by atoms with Crippen molar-refractivity contribution >= 4 is 58.4 Å². The number of methoxy groups -OCH3 is 2. The van der Waals surface area contributed by atoms with Crippen molar-refractivity contribution in [3.63, 3.8) is 0 Å². The van der Waals surface area contributed by atoms with Gasteiger partial charge in [0.1, 0.15) is 18.0 Å². The molecule has 11 nitrogen and oxygen atoms in total. The fourth-order valence-electron chi connectivity index (χ4n) is 6.71. The third-order valence-electron chi connectivity index (χ3n) is 8.98. The molecule has 1 saturated carbocycles. The molecule has 3 aromatic rings. The Kier molecular flexibility index (Phi) is 8.19. The zero-order chi connectivity index (χ0) is 32.8. The number of imide groups is 1. The van der Waals surface area contributed by atoms with Gasteiger partial charge >= 0.3 is 0 Å². The van der Waals surface area contributed by atoms with Gasteiger partial charge in [0.05, 0.1) is 36.7 Å². The van der Waals surface area contributed by atoms with E-state index in [1.54, 1.807) is 20.3 Å². The highest BCUT2D eigenvalue weighted by Gasteiger charge is 2.56. The van der Waals surface area contributed by atoms with E-state index < -0.39 is 23.9 Å². The lowest BCUT2D eigenvalue weighted by atomic mass is 9.77. The average molecular weight is 674 g/mol. The van der Waals surface area contributed by atoms with E-state index >= 15 is 0 Å². The zero-order valence-electron chi connectivity index (χ0n) is 25.5. The molecule has 0 bridgehead atoms. The summed E-state index contributed by atoms with van der Waals surface area (Å²) in [5.41, 5.74) is 4.04. The Labute approximate surface area is 281 Å². The Morgan fingerprint density at radius 2 is 1.64 bits per heavy atom. The maximum absolute atomic E-state index is 14.2. The van der Waals surface area contributed by atoms with Gasteiger partial charge in [-0.05, 0) is 84.5 Å². The quantitative estimate of drug-likeness (QED) is 0.279. The van der Waals surface area contributed by atoms with E-state index in [-0.39, 0.29) is 35.1 Å². The number of halogens is 2. The first-order chi connectivity index (χ1) is 22.8. The topological polar surface area (TPSA) is 116 Å². The van der Waals surface area contributed by atoms with Crippen LogP contribution in [-0.4, -0.2) is 66.3 Å². The number of anilines is 1. The van der Waals surface area contributed by atoms with Crippen molar-refractivity contribution in [1.82, 2.24) is 10.0 Å². The third-order valence-corrected chi connectivity index (χ3v) is 9.51. The van der Waals surface area contributed by atoms with Gasteiger partial charge < -0.3 is 9.47 Å². The van der Waals surface area contributed by atoms with Crippen LogP contribution in [0.1, 0.15) is 36.4 Å². The Morgan fingerprint density at radius 3 is 2.32 bits per heavy atom. The number of fused-ring (bicyclic) bond motifs is 2. The van der Waals surface area contributed by atoms with Crippen LogP contribution in [0.2, 0.25) is 10.0 Å². The molecule has 0 unspecified atom stereocenters. The minimum atomic E-state index is -1.09. The van der Waals surface area contributed by atoms with Crippen LogP contribution < -0.4 is 14.4 Å². The third kappa shape index (κ3) is 5.53. The molecule has 4 atom stereocenters. The van der Waals surface area contributed by atoms with E-state index in [0.717, 1.165) is 52.3 Å². The maximum atomic E-state index is 14.2. The molecule has 4 aliphatic rings. The van der Waals surface area contributed by atoms with E-state index in [0.29, 0.717) is 10.8 Å². The second-order valence-electron chi connectivity index (χ2n) is 11.7. The number of benzene rings is 3. The molecule has 3 heterocycles. The minimum Gasteiger partial charge on any atom is -0.497 e. The fourth-order valence-corrected chi connectivity index (χ4v) is 7.20. The van der Waals surface area contributed by atoms with Gasteiger partial charge in [-0.25, -0.2) is 9.91 Å². The minimum absolute atomic E-state index is 0.0456. The lowest BCUT2D eigenvalue weighted by Crippen LogP contribution is -2.45. The molecular weight excluding hydrogens is 643 g/mol. The molecule has 3 aromatic carbocycles. The summed E-state index contributed by atoms with van der Waals surface area (Å²) in [4.78, 5) is 42.1.